The van der Waals surface area contributed by atoms with Gasteiger partial charge in [0.05, 0.1) is 6.26 Å². The zero-order chi connectivity index (χ0) is 18.3. The van der Waals surface area contributed by atoms with Crippen LogP contribution in [0.1, 0.15) is 11.1 Å². The third kappa shape index (κ3) is 6.52. The fourth-order valence-electron chi connectivity index (χ4n) is 1.97. The lowest BCUT2D eigenvalue weighted by molar-refractivity contribution is -0.123. The molecule has 0 saturated heterocycles. The molecule has 8 heteroatoms. The van der Waals surface area contributed by atoms with Crippen molar-refractivity contribution in [1.82, 2.24) is 14.6 Å². The van der Waals surface area contributed by atoms with Crippen molar-refractivity contribution in [2.24, 2.45) is 0 Å². The number of carbonyl (C=O) groups is 1. The lowest BCUT2D eigenvalue weighted by atomic mass is 10.2. The summed E-state index contributed by atoms with van der Waals surface area (Å²) in [6.45, 7) is 0.584. The first-order valence-corrected chi connectivity index (χ1v) is 9.48. The monoisotopic (exact) mass is 363 g/mol. The van der Waals surface area contributed by atoms with Crippen molar-refractivity contribution in [2.45, 2.75) is 13.1 Å². The van der Waals surface area contributed by atoms with Crippen LogP contribution in [0.3, 0.4) is 0 Å². The average molecular weight is 363 g/mol. The topological polar surface area (TPSA) is 88.6 Å². The van der Waals surface area contributed by atoms with Crippen molar-refractivity contribution in [3.63, 3.8) is 0 Å². The summed E-state index contributed by atoms with van der Waals surface area (Å²) in [5.74, 6) is 0.312. The summed E-state index contributed by atoms with van der Waals surface area (Å²) in [4.78, 5) is 15.8. The van der Waals surface area contributed by atoms with Gasteiger partial charge in [-0.25, -0.2) is 12.7 Å². The van der Waals surface area contributed by atoms with Crippen molar-refractivity contribution in [1.29, 1.82) is 0 Å². The molecule has 0 spiro atoms. The molecule has 0 unspecified atom stereocenters. The van der Waals surface area contributed by atoms with E-state index in [0.29, 0.717) is 12.3 Å². The maximum absolute atomic E-state index is 11.8. The zero-order valence-electron chi connectivity index (χ0n) is 14.2. The molecule has 1 N–H and O–H groups in total. The van der Waals surface area contributed by atoms with E-state index in [1.807, 2.05) is 6.07 Å². The van der Waals surface area contributed by atoms with Gasteiger partial charge in [-0.2, -0.15) is 0 Å². The minimum atomic E-state index is -3.22. The molecule has 2 aromatic rings. The molecule has 1 aromatic heterocycles. The fourth-order valence-corrected chi connectivity index (χ4v) is 2.35. The van der Waals surface area contributed by atoms with Crippen LogP contribution in [0.4, 0.5) is 0 Å². The van der Waals surface area contributed by atoms with E-state index in [-0.39, 0.29) is 19.1 Å². The molecule has 0 aliphatic carbocycles. The van der Waals surface area contributed by atoms with E-state index >= 15 is 0 Å². The number of carbonyl (C=O) groups excluding carboxylic acids is 1. The van der Waals surface area contributed by atoms with Crippen LogP contribution in [-0.4, -0.2) is 43.5 Å². The van der Waals surface area contributed by atoms with Crippen molar-refractivity contribution in [2.75, 3.05) is 19.9 Å². The Bertz CT molecular complexity index is 792. The molecule has 0 bridgehead atoms. The quantitative estimate of drug-likeness (QED) is 0.760. The Morgan fingerprint density at radius 3 is 2.52 bits per heavy atom. The Hall–Kier alpha value is -2.45. The third-order valence-electron chi connectivity index (χ3n) is 3.48. The number of pyridine rings is 1. The normalized spacial score (nSPS) is 11.3. The molecule has 7 nitrogen and oxygen atoms in total. The van der Waals surface area contributed by atoms with E-state index in [0.717, 1.165) is 17.4 Å². The second-order valence-electron chi connectivity index (χ2n) is 5.59. The number of sulfonamides is 1. The van der Waals surface area contributed by atoms with Gasteiger partial charge in [-0.3, -0.25) is 9.78 Å². The van der Waals surface area contributed by atoms with Gasteiger partial charge in [0.1, 0.15) is 5.75 Å². The first-order valence-electron chi connectivity index (χ1n) is 7.63. The minimum absolute atomic E-state index is 0.0944. The average Bonchev–Trinajstić information content (AvgIpc) is 2.59. The Morgan fingerprint density at radius 1 is 1.20 bits per heavy atom. The number of aromatic nitrogens is 1. The Morgan fingerprint density at radius 2 is 1.92 bits per heavy atom. The lowest BCUT2D eigenvalue weighted by Gasteiger charge is -2.14. The Kier molecular flexibility index (Phi) is 6.49. The second kappa shape index (κ2) is 8.59. The molecule has 2 rings (SSSR count). The molecule has 0 aliphatic rings. The summed E-state index contributed by atoms with van der Waals surface area (Å²) in [6, 6.07) is 10.6. The third-order valence-corrected chi connectivity index (χ3v) is 4.74. The van der Waals surface area contributed by atoms with Gasteiger partial charge in [0.2, 0.25) is 10.0 Å². The summed E-state index contributed by atoms with van der Waals surface area (Å²) in [5, 5.41) is 2.75. The highest BCUT2D eigenvalue weighted by Gasteiger charge is 2.11. The summed E-state index contributed by atoms with van der Waals surface area (Å²) < 4.78 is 29.5. The molecule has 0 radical (unpaired) electrons. The smallest absolute Gasteiger partial charge is 0.258 e. The number of rotatable bonds is 8. The molecule has 0 aliphatic heterocycles. The van der Waals surface area contributed by atoms with E-state index in [9.17, 15) is 13.2 Å². The largest absolute Gasteiger partial charge is 0.484 e. The highest BCUT2D eigenvalue weighted by molar-refractivity contribution is 7.88. The van der Waals surface area contributed by atoms with Crippen LogP contribution in [0, 0.1) is 0 Å². The lowest BCUT2D eigenvalue weighted by Crippen LogP contribution is -2.28. The molecule has 134 valence electrons. The summed E-state index contributed by atoms with van der Waals surface area (Å²) >= 11 is 0. The first kappa shape index (κ1) is 18.9. The standard InChI is InChI=1S/C17H21N3O4S/c1-20(25(2,22)23)12-14-5-7-16(8-6-14)24-13-17(21)19-11-15-4-3-9-18-10-15/h3-10H,11-13H2,1-2H3,(H,19,21). The van der Waals surface area contributed by atoms with Crippen LogP contribution >= 0.6 is 0 Å². The molecule has 0 fully saturated rings. The van der Waals surface area contributed by atoms with E-state index in [1.165, 1.54) is 11.4 Å². The van der Waals surface area contributed by atoms with Crippen molar-refractivity contribution in [3.8, 4) is 5.75 Å². The van der Waals surface area contributed by atoms with Crippen molar-refractivity contribution in [3.05, 3.63) is 59.9 Å². The van der Waals surface area contributed by atoms with Gasteiger partial charge in [0.15, 0.2) is 6.61 Å². The van der Waals surface area contributed by atoms with Crippen LogP contribution < -0.4 is 10.1 Å². The van der Waals surface area contributed by atoms with Crippen LogP contribution in [0.5, 0.6) is 5.75 Å². The fraction of sp³-hybridized carbons (Fsp3) is 0.294. The number of benzene rings is 1. The predicted octanol–water partition coefficient (Wildman–Crippen LogP) is 1.17. The second-order valence-corrected chi connectivity index (χ2v) is 7.68. The van der Waals surface area contributed by atoms with Gasteiger partial charge in [0.25, 0.3) is 5.91 Å². The van der Waals surface area contributed by atoms with Crippen molar-refractivity contribution >= 4 is 15.9 Å². The predicted molar refractivity (Wildman–Crippen MR) is 94.3 cm³/mol. The molecule has 0 atom stereocenters. The van der Waals surface area contributed by atoms with Crippen LogP contribution in [0.25, 0.3) is 0 Å². The van der Waals surface area contributed by atoms with Gasteiger partial charge in [-0.1, -0.05) is 18.2 Å². The molecule has 1 heterocycles. The SMILES string of the molecule is CN(Cc1ccc(OCC(=O)NCc2cccnc2)cc1)S(C)(=O)=O. The highest BCUT2D eigenvalue weighted by atomic mass is 32.2. The number of amides is 1. The number of nitrogens with one attached hydrogen (secondary N) is 1. The molecule has 0 saturated carbocycles. The van der Waals surface area contributed by atoms with Gasteiger partial charge < -0.3 is 10.1 Å². The van der Waals surface area contributed by atoms with Crippen LogP contribution in [-0.2, 0) is 27.9 Å². The van der Waals surface area contributed by atoms with E-state index in [2.05, 4.69) is 10.3 Å². The highest BCUT2D eigenvalue weighted by Crippen LogP contribution is 2.14. The number of hydrogen-bond acceptors (Lipinski definition) is 5. The maximum Gasteiger partial charge on any atom is 0.258 e. The van der Waals surface area contributed by atoms with Crippen LogP contribution in [0.15, 0.2) is 48.8 Å². The Balaban J connectivity index is 1.78. The maximum atomic E-state index is 11.8. The van der Waals surface area contributed by atoms with Gasteiger partial charge >= 0.3 is 0 Å². The van der Waals surface area contributed by atoms with E-state index in [4.69, 9.17) is 4.74 Å². The molecular formula is C17H21N3O4S. The summed E-state index contributed by atoms with van der Waals surface area (Å²) in [5.41, 5.74) is 1.75. The van der Waals surface area contributed by atoms with Gasteiger partial charge in [0, 0.05) is 32.5 Å². The number of hydrogen-bond donors (Lipinski definition) is 1. The molecular weight excluding hydrogens is 342 g/mol. The summed E-state index contributed by atoms with van der Waals surface area (Å²) in [7, 11) is -1.70. The minimum Gasteiger partial charge on any atom is -0.484 e. The molecule has 1 aromatic carbocycles. The van der Waals surface area contributed by atoms with Gasteiger partial charge in [-0.05, 0) is 29.3 Å². The Labute approximate surface area is 147 Å². The zero-order valence-corrected chi connectivity index (χ0v) is 15.0. The van der Waals surface area contributed by atoms with Gasteiger partial charge in [-0.15, -0.1) is 0 Å². The van der Waals surface area contributed by atoms with Crippen molar-refractivity contribution < 1.29 is 17.9 Å². The summed E-state index contributed by atoms with van der Waals surface area (Å²) in [6.07, 6.45) is 4.52. The van der Waals surface area contributed by atoms with E-state index < -0.39 is 10.0 Å². The first-order chi connectivity index (χ1) is 11.8. The molecule has 25 heavy (non-hydrogen) atoms. The molecule has 1 amide bonds. The van der Waals surface area contributed by atoms with Crippen LogP contribution in [0.2, 0.25) is 0 Å². The number of ether oxygens (including phenoxy) is 1. The number of nitrogens with zero attached hydrogens (tertiary/aromatic N) is 2. The van der Waals surface area contributed by atoms with E-state index in [1.54, 1.807) is 42.7 Å².